The largest absolute Gasteiger partial charge is 0.384 e. The topological polar surface area (TPSA) is 23.5 Å². The number of hydrogen-bond donors (Lipinski definition) is 1. The molecule has 1 fully saturated rings. The normalized spacial score (nSPS) is 27.9. The van der Waals surface area contributed by atoms with Crippen molar-refractivity contribution in [2.75, 3.05) is 20.1 Å². The second kappa shape index (κ2) is 3.91. The van der Waals surface area contributed by atoms with Gasteiger partial charge in [0.1, 0.15) is 11.4 Å². The summed E-state index contributed by atoms with van der Waals surface area (Å²) in [5, 5.41) is 10.4. The summed E-state index contributed by atoms with van der Waals surface area (Å²) < 4.78 is 12.8. The molecule has 1 aromatic rings. The Morgan fingerprint density at radius 1 is 1.33 bits per heavy atom. The van der Waals surface area contributed by atoms with Gasteiger partial charge in [-0.3, -0.25) is 0 Å². The minimum absolute atomic E-state index is 0.258. The lowest BCUT2D eigenvalue weighted by molar-refractivity contribution is -0.0278. The fourth-order valence-electron chi connectivity index (χ4n) is 2.24. The number of nitrogens with zero attached hydrogens (tertiary/aromatic N) is 1. The standard InChI is InChI=1S/C12H16FNO/c1-14-8-2-7-12(15,9-14)10-3-5-11(13)6-4-10/h3-6,15H,2,7-9H2,1H3. The van der Waals surface area contributed by atoms with Gasteiger partial charge in [0.05, 0.1) is 0 Å². The molecule has 1 heterocycles. The summed E-state index contributed by atoms with van der Waals surface area (Å²) in [6.07, 6.45) is 1.73. The van der Waals surface area contributed by atoms with E-state index in [-0.39, 0.29) is 5.82 Å². The molecular formula is C12H16FNO. The summed E-state index contributed by atoms with van der Waals surface area (Å²) in [6, 6.07) is 6.16. The first kappa shape index (κ1) is 10.6. The number of rotatable bonds is 1. The van der Waals surface area contributed by atoms with E-state index in [2.05, 4.69) is 4.90 Å². The Morgan fingerprint density at radius 3 is 2.60 bits per heavy atom. The number of benzene rings is 1. The van der Waals surface area contributed by atoms with E-state index in [1.165, 1.54) is 12.1 Å². The Bertz CT molecular complexity index is 338. The SMILES string of the molecule is CN1CCCC(O)(c2ccc(F)cc2)C1. The van der Waals surface area contributed by atoms with Gasteiger partial charge in [-0.15, -0.1) is 0 Å². The highest BCUT2D eigenvalue weighted by molar-refractivity contribution is 5.24. The van der Waals surface area contributed by atoms with Crippen molar-refractivity contribution in [3.8, 4) is 0 Å². The number of β-amino-alcohol motifs (C(OH)–C–C–N with tert-alkyl or cyclic N) is 1. The van der Waals surface area contributed by atoms with Crippen LogP contribution in [0.4, 0.5) is 4.39 Å². The van der Waals surface area contributed by atoms with Crippen LogP contribution >= 0.6 is 0 Å². The van der Waals surface area contributed by atoms with E-state index >= 15 is 0 Å². The van der Waals surface area contributed by atoms with Crippen LogP contribution in [0.3, 0.4) is 0 Å². The van der Waals surface area contributed by atoms with Gasteiger partial charge in [0, 0.05) is 6.54 Å². The fourth-order valence-corrected chi connectivity index (χ4v) is 2.24. The monoisotopic (exact) mass is 209 g/mol. The molecule has 0 bridgehead atoms. The first-order chi connectivity index (χ1) is 7.10. The minimum atomic E-state index is -0.805. The quantitative estimate of drug-likeness (QED) is 0.761. The first-order valence-corrected chi connectivity index (χ1v) is 5.27. The van der Waals surface area contributed by atoms with Crippen molar-refractivity contribution in [1.29, 1.82) is 0 Å². The summed E-state index contributed by atoms with van der Waals surface area (Å²) in [4.78, 5) is 2.10. The molecule has 15 heavy (non-hydrogen) atoms. The van der Waals surface area contributed by atoms with Crippen molar-refractivity contribution in [3.05, 3.63) is 35.6 Å². The van der Waals surface area contributed by atoms with Crippen LogP contribution in [0.25, 0.3) is 0 Å². The molecule has 2 rings (SSSR count). The number of likely N-dealkylation sites (tertiary alicyclic amines) is 1. The maximum absolute atomic E-state index is 12.8. The molecule has 2 nitrogen and oxygen atoms in total. The van der Waals surface area contributed by atoms with Gasteiger partial charge >= 0.3 is 0 Å². The molecule has 0 aromatic heterocycles. The van der Waals surface area contributed by atoms with Crippen molar-refractivity contribution >= 4 is 0 Å². The number of hydrogen-bond acceptors (Lipinski definition) is 2. The third-order valence-corrected chi connectivity index (χ3v) is 3.04. The Kier molecular flexibility index (Phi) is 2.76. The molecule has 1 atom stereocenters. The Morgan fingerprint density at radius 2 is 2.00 bits per heavy atom. The second-order valence-corrected chi connectivity index (χ2v) is 4.38. The molecule has 1 aliphatic heterocycles. The molecule has 0 spiro atoms. The second-order valence-electron chi connectivity index (χ2n) is 4.38. The summed E-state index contributed by atoms with van der Waals surface area (Å²) >= 11 is 0. The molecular weight excluding hydrogens is 193 g/mol. The van der Waals surface area contributed by atoms with Crippen molar-refractivity contribution in [3.63, 3.8) is 0 Å². The molecule has 0 aliphatic carbocycles. The lowest BCUT2D eigenvalue weighted by Crippen LogP contribution is -2.44. The highest BCUT2D eigenvalue weighted by Gasteiger charge is 2.33. The molecule has 1 N–H and O–H groups in total. The Labute approximate surface area is 89.3 Å². The van der Waals surface area contributed by atoms with Crippen LogP contribution in [0.1, 0.15) is 18.4 Å². The zero-order valence-electron chi connectivity index (χ0n) is 8.91. The summed E-state index contributed by atoms with van der Waals surface area (Å²) in [6.45, 7) is 1.64. The molecule has 0 amide bonds. The molecule has 1 aromatic carbocycles. The lowest BCUT2D eigenvalue weighted by Gasteiger charge is -2.37. The smallest absolute Gasteiger partial charge is 0.123 e. The van der Waals surface area contributed by atoms with Crippen molar-refractivity contribution in [2.45, 2.75) is 18.4 Å². The van der Waals surface area contributed by atoms with Gasteiger partial charge in [0.2, 0.25) is 0 Å². The molecule has 0 radical (unpaired) electrons. The first-order valence-electron chi connectivity index (χ1n) is 5.27. The van der Waals surface area contributed by atoms with Crippen LogP contribution in [0.15, 0.2) is 24.3 Å². The maximum atomic E-state index is 12.8. The van der Waals surface area contributed by atoms with E-state index in [0.717, 1.165) is 24.9 Å². The molecule has 0 saturated carbocycles. The Hall–Kier alpha value is -0.930. The molecule has 82 valence electrons. The van der Waals surface area contributed by atoms with Crippen molar-refractivity contribution in [2.24, 2.45) is 0 Å². The summed E-state index contributed by atoms with van der Waals surface area (Å²) in [7, 11) is 1.99. The molecule has 1 aliphatic rings. The van der Waals surface area contributed by atoms with E-state index in [1.807, 2.05) is 7.05 Å². The van der Waals surface area contributed by atoms with Crippen LogP contribution in [0.2, 0.25) is 0 Å². The number of likely N-dealkylation sites (N-methyl/N-ethyl adjacent to an activating group) is 1. The van der Waals surface area contributed by atoms with Gasteiger partial charge in [-0.05, 0) is 44.1 Å². The highest BCUT2D eigenvalue weighted by atomic mass is 19.1. The van der Waals surface area contributed by atoms with Crippen LogP contribution in [-0.2, 0) is 5.60 Å². The van der Waals surface area contributed by atoms with Crippen LogP contribution < -0.4 is 0 Å². The fraction of sp³-hybridized carbons (Fsp3) is 0.500. The van der Waals surface area contributed by atoms with E-state index in [4.69, 9.17) is 0 Å². The zero-order valence-corrected chi connectivity index (χ0v) is 8.91. The van der Waals surface area contributed by atoms with Gasteiger partial charge in [-0.1, -0.05) is 12.1 Å². The summed E-state index contributed by atoms with van der Waals surface area (Å²) in [5.41, 5.74) is 0.0104. The molecule has 1 unspecified atom stereocenters. The number of aliphatic hydroxyl groups is 1. The third kappa shape index (κ3) is 2.19. The molecule has 3 heteroatoms. The van der Waals surface area contributed by atoms with Crippen molar-refractivity contribution in [1.82, 2.24) is 4.90 Å². The predicted molar refractivity (Wildman–Crippen MR) is 57.0 cm³/mol. The minimum Gasteiger partial charge on any atom is -0.384 e. The van der Waals surface area contributed by atoms with Gasteiger partial charge in [0.25, 0.3) is 0 Å². The van der Waals surface area contributed by atoms with E-state index < -0.39 is 5.60 Å². The van der Waals surface area contributed by atoms with E-state index in [0.29, 0.717) is 6.54 Å². The predicted octanol–water partition coefficient (Wildman–Crippen LogP) is 1.74. The average Bonchev–Trinajstić information content (AvgIpc) is 2.18. The highest BCUT2D eigenvalue weighted by Crippen LogP contribution is 2.30. The third-order valence-electron chi connectivity index (χ3n) is 3.04. The van der Waals surface area contributed by atoms with Crippen LogP contribution in [0, 0.1) is 5.82 Å². The zero-order chi connectivity index (χ0) is 10.9. The van der Waals surface area contributed by atoms with Gasteiger partial charge in [-0.25, -0.2) is 4.39 Å². The lowest BCUT2D eigenvalue weighted by atomic mass is 9.86. The number of halogens is 1. The van der Waals surface area contributed by atoms with Crippen molar-refractivity contribution < 1.29 is 9.50 Å². The maximum Gasteiger partial charge on any atom is 0.123 e. The number of piperidine rings is 1. The average molecular weight is 209 g/mol. The van der Waals surface area contributed by atoms with E-state index in [1.54, 1.807) is 12.1 Å². The Balaban J connectivity index is 2.24. The van der Waals surface area contributed by atoms with Crippen LogP contribution in [-0.4, -0.2) is 30.1 Å². The van der Waals surface area contributed by atoms with Gasteiger partial charge in [0.15, 0.2) is 0 Å². The van der Waals surface area contributed by atoms with Crippen LogP contribution in [0.5, 0.6) is 0 Å². The molecule has 1 saturated heterocycles. The summed E-state index contributed by atoms with van der Waals surface area (Å²) in [5.74, 6) is -0.258. The van der Waals surface area contributed by atoms with E-state index in [9.17, 15) is 9.50 Å². The van der Waals surface area contributed by atoms with Gasteiger partial charge in [-0.2, -0.15) is 0 Å². The van der Waals surface area contributed by atoms with Gasteiger partial charge < -0.3 is 10.0 Å².